The summed E-state index contributed by atoms with van der Waals surface area (Å²) in [7, 11) is 0. The number of ether oxygens (including phenoxy) is 1. The number of hydrogen-bond acceptors (Lipinski definition) is 4. The number of carbonyl (C=O) groups is 2. The van der Waals surface area contributed by atoms with Crippen LogP contribution in [-0.2, 0) is 4.74 Å². The van der Waals surface area contributed by atoms with Crippen molar-refractivity contribution in [1.82, 2.24) is 10.6 Å². The molecule has 5 aliphatic carbocycles. The Hall–Kier alpha value is -2.60. The van der Waals surface area contributed by atoms with E-state index in [4.69, 9.17) is 4.74 Å². The monoisotopic (exact) mass is 672 g/mol. The molecule has 4 saturated carbocycles. The van der Waals surface area contributed by atoms with E-state index in [1.54, 1.807) is 12.1 Å². The lowest BCUT2D eigenvalue weighted by Crippen LogP contribution is -2.68. The fraction of sp³-hybridized carbons (Fsp3) is 0.721. The van der Waals surface area contributed by atoms with E-state index >= 15 is 0 Å². The van der Waals surface area contributed by atoms with Gasteiger partial charge in [-0.25, -0.2) is 9.59 Å². The van der Waals surface area contributed by atoms with E-state index in [0.717, 1.165) is 13.0 Å². The Morgan fingerprint density at radius 1 is 0.898 bits per heavy atom. The summed E-state index contributed by atoms with van der Waals surface area (Å²) in [5.41, 5.74) is 4.59. The number of rotatable bonds is 7. The number of carboxylic acid groups (broad SMARTS) is 1. The van der Waals surface area contributed by atoms with Crippen molar-refractivity contribution < 1.29 is 19.4 Å². The summed E-state index contributed by atoms with van der Waals surface area (Å²) in [5.74, 6) is 2.12. The summed E-state index contributed by atoms with van der Waals surface area (Å²) in [4.78, 5) is 23.9. The first kappa shape index (κ1) is 36.2. The zero-order valence-electron chi connectivity index (χ0n) is 31.9. The molecule has 0 unspecified atom stereocenters. The lowest BCUT2D eigenvalue weighted by Gasteiger charge is -2.72. The lowest BCUT2D eigenvalue weighted by molar-refractivity contribution is -0.219. The normalized spacial score (nSPS) is 39.4. The first-order valence-electron chi connectivity index (χ1n) is 19.2. The molecule has 0 spiro atoms. The van der Waals surface area contributed by atoms with E-state index in [0.29, 0.717) is 41.7 Å². The molecule has 4 fully saturated rings. The quantitative estimate of drug-likeness (QED) is 0.198. The predicted molar refractivity (Wildman–Crippen MR) is 198 cm³/mol. The van der Waals surface area contributed by atoms with Gasteiger partial charge in [-0.05, 0) is 160 Å². The summed E-state index contributed by atoms with van der Waals surface area (Å²) in [6.07, 6.45) is 13.2. The molecule has 3 N–H and O–H groups in total. The van der Waals surface area contributed by atoms with Crippen molar-refractivity contribution in [2.45, 2.75) is 131 Å². The largest absolute Gasteiger partial charge is 0.478 e. The van der Waals surface area contributed by atoms with Gasteiger partial charge in [0.05, 0.1) is 5.56 Å². The fourth-order valence-electron chi connectivity index (χ4n) is 13.1. The number of carboxylic acids is 1. The van der Waals surface area contributed by atoms with Gasteiger partial charge in [0.25, 0.3) is 0 Å². The third kappa shape index (κ3) is 5.80. The van der Waals surface area contributed by atoms with E-state index in [2.05, 4.69) is 64.8 Å². The average Bonchev–Trinajstić information content (AvgIpc) is 3.39. The third-order valence-electron chi connectivity index (χ3n) is 15.4. The van der Waals surface area contributed by atoms with Gasteiger partial charge in [0.15, 0.2) is 0 Å². The molecule has 5 aliphatic rings. The van der Waals surface area contributed by atoms with E-state index in [1.807, 2.05) is 32.9 Å². The number of benzene rings is 1. The van der Waals surface area contributed by atoms with Crippen LogP contribution in [-0.4, -0.2) is 41.4 Å². The topological polar surface area (TPSA) is 87.7 Å². The minimum absolute atomic E-state index is 0.00625. The van der Waals surface area contributed by atoms with Crippen molar-refractivity contribution in [2.75, 3.05) is 13.1 Å². The number of aromatic carboxylic acids is 1. The number of amides is 1. The molecule has 0 bridgehead atoms. The first-order chi connectivity index (χ1) is 22.8. The van der Waals surface area contributed by atoms with Crippen LogP contribution in [0, 0.1) is 51.2 Å². The van der Waals surface area contributed by atoms with Gasteiger partial charge in [-0.3, -0.25) is 0 Å². The number of carbonyl (C=O) groups excluding carboxylic acids is 1. The van der Waals surface area contributed by atoms with Crippen LogP contribution in [0.1, 0.15) is 136 Å². The standard InChI is InChI=1S/C43H64N2O4/c1-27(2)30-17-22-43(45-26-25-44-37(48)49-38(3,4)5)24-23-41(9)32(35(30)43)15-16-34-40(8)20-18-31(28-11-13-29(14-12-28)36(46)47)39(6,7)33(40)19-21-42(34,41)10/h11-14,18,30,32-35,45H,1,15-17,19-26H2,2-10H3,(H,44,48)(H,46,47)/t30-,32+,33-,34+,35+,40-,41+,42+,43-/m0/s1. The molecular formula is C43H64N2O4. The van der Waals surface area contributed by atoms with Crippen molar-refractivity contribution in [3.8, 4) is 0 Å². The first-order valence-corrected chi connectivity index (χ1v) is 19.2. The molecule has 0 heterocycles. The van der Waals surface area contributed by atoms with Crippen molar-refractivity contribution in [3.05, 3.63) is 53.6 Å². The van der Waals surface area contributed by atoms with Gasteiger partial charge in [-0.1, -0.05) is 65.0 Å². The van der Waals surface area contributed by atoms with E-state index in [1.165, 1.54) is 68.1 Å². The molecule has 1 amide bonds. The minimum atomic E-state index is -0.871. The highest BCUT2D eigenvalue weighted by atomic mass is 16.6. The number of allylic oxidation sites excluding steroid dienone is 3. The van der Waals surface area contributed by atoms with Crippen LogP contribution < -0.4 is 10.6 Å². The van der Waals surface area contributed by atoms with Gasteiger partial charge >= 0.3 is 12.1 Å². The molecule has 270 valence electrons. The number of fused-ring (bicyclic) bond motifs is 7. The van der Waals surface area contributed by atoms with Gasteiger partial charge in [0, 0.05) is 18.6 Å². The molecule has 0 radical (unpaired) electrons. The van der Waals surface area contributed by atoms with Crippen LogP contribution in [0.25, 0.3) is 5.57 Å². The molecular weight excluding hydrogens is 608 g/mol. The summed E-state index contributed by atoms with van der Waals surface area (Å²) < 4.78 is 5.50. The average molecular weight is 673 g/mol. The molecule has 49 heavy (non-hydrogen) atoms. The Kier molecular flexibility index (Phi) is 9.07. The van der Waals surface area contributed by atoms with Gasteiger partial charge in [-0.15, -0.1) is 0 Å². The number of nitrogens with one attached hydrogen (secondary N) is 2. The molecule has 1 aromatic carbocycles. The van der Waals surface area contributed by atoms with Gasteiger partial charge in [-0.2, -0.15) is 0 Å². The minimum Gasteiger partial charge on any atom is -0.478 e. The molecule has 6 heteroatoms. The predicted octanol–water partition coefficient (Wildman–Crippen LogP) is 9.90. The van der Waals surface area contributed by atoms with Crippen LogP contribution in [0.3, 0.4) is 0 Å². The van der Waals surface area contributed by atoms with Gasteiger partial charge < -0.3 is 20.5 Å². The second-order valence-corrected chi connectivity index (χ2v) is 19.1. The summed E-state index contributed by atoms with van der Waals surface area (Å²) in [6, 6.07) is 7.57. The van der Waals surface area contributed by atoms with Crippen LogP contribution >= 0.6 is 0 Å². The Morgan fingerprint density at radius 2 is 1.59 bits per heavy atom. The summed E-state index contributed by atoms with van der Waals surface area (Å²) in [6.45, 7) is 26.8. The highest BCUT2D eigenvalue weighted by Crippen LogP contribution is 2.76. The Labute approximate surface area is 296 Å². The number of alkyl carbamates (subject to hydrolysis) is 1. The van der Waals surface area contributed by atoms with Crippen molar-refractivity contribution >= 4 is 17.6 Å². The van der Waals surface area contributed by atoms with Crippen LogP contribution in [0.15, 0.2) is 42.5 Å². The van der Waals surface area contributed by atoms with Crippen molar-refractivity contribution in [3.63, 3.8) is 0 Å². The molecule has 1 aromatic rings. The van der Waals surface area contributed by atoms with Gasteiger partial charge in [0.1, 0.15) is 5.60 Å². The summed E-state index contributed by atoms with van der Waals surface area (Å²) >= 11 is 0. The van der Waals surface area contributed by atoms with E-state index in [-0.39, 0.29) is 33.3 Å². The molecule has 9 atom stereocenters. The van der Waals surface area contributed by atoms with E-state index in [9.17, 15) is 14.7 Å². The molecule has 6 nitrogen and oxygen atoms in total. The Morgan fingerprint density at radius 3 is 2.22 bits per heavy atom. The number of hydrogen-bond donors (Lipinski definition) is 3. The van der Waals surface area contributed by atoms with Crippen molar-refractivity contribution in [1.29, 1.82) is 0 Å². The maximum Gasteiger partial charge on any atom is 0.407 e. The summed E-state index contributed by atoms with van der Waals surface area (Å²) in [5, 5.41) is 16.5. The maximum atomic E-state index is 12.4. The van der Waals surface area contributed by atoms with Crippen LogP contribution in [0.4, 0.5) is 4.79 Å². The molecule has 0 saturated heterocycles. The highest BCUT2D eigenvalue weighted by molar-refractivity contribution is 5.88. The molecule has 0 aromatic heterocycles. The zero-order chi connectivity index (χ0) is 35.8. The molecule has 0 aliphatic heterocycles. The smallest absolute Gasteiger partial charge is 0.407 e. The van der Waals surface area contributed by atoms with Crippen molar-refractivity contribution in [2.24, 2.45) is 51.2 Å². The fourth-order valence-corrected chi connectivity index (χ4v) is 13.1. The zero-order valence-corrected chi connectivity index (χ0v) is 31.9. The van der Waals surface area contributed by atoms with E-state index < -0.39 is 11.6 Å². The van der Waals surface area contributed by atoms with Crippen LogP contribution in [0.5, 0.6) is 0 Å². The van der Waals surface area contributed by atoms with Crippen LogP contribution in [0.2, 0.25) is 0 Å². The lowest BCUT2D eigenvalue weighted by atomic mass is 9.33. The van der Waals surface area contributed by atoms with Gasteiger partial charge in [0.2, 0.25) is 0 Å². The highest BCUT2D eigenvalue weighted by Gasteiger charge is 2.70. The molecule has 6 rings (SSSR count). The Balaban J connectivity index is 1.25. The second kappa shape index (κ2) is 12.3. The third-order valence-corrected chi connectivity index (χ3v) is 15.4. The maximum absolute atomic E-state index is 12.4. The SMILES string of the molecule is C=C(C)[C@@H]1CC[C@]2(NCCNC(=O)OC(C)(C)C)CC[C@]3(C)[C@H](CC[C@@H]4[C@@]5(C)CC=C(c6ccc(C(=O)O)cc6)C(C)(C)[C@@H]5CC[C@]43C)[C@@H]12. The second-order valence-electron chi connectivity index (χ2n) is 19.1. The Bertz CT molecular complexity index is 1500.